The zero-order valence-electron chi connectivity index (χ0n) is 15.7. The Kier molecular flexibility index (Phi) is 3.49. The van der Waals surface area contributed by atoms with Crippen LogP contribution < -0.4 is 9.38 Å². The maximum Gasteiger partial charge on any atom is 0.406 e. The highest BCUT2D eigenvalue weighted by molar-refractivity contribution is 6.70. The summed E-state index contributed by atoms with van der Waals surface area (Å²) in [6.07, 6.45) is 2.17. The fourth-order valence-electron chi connectivity index (χ4n) is 3.73. The van der Waals surface area contributed by atoms with Gasteiger partial charge in [0.05, 0.1) is 24.2 Å². The van der Waals surface area contributed by atoms with Gasteiger partial charge < -0.3 is 4.42 Å². The molecule has 0 fully saturated rings. The van der Waals surface area contributed by atoms with Crippen LogP contribution in [0, 0.1) is 20.8 Å². The molecule has 0 aliphatic carbocycles. The molecule has 0 saturated heterocycles. The molecule has 5 heteroatoms. The summed E-state index contributed by atoms with van der Waals surface area (Å²) in [6.45, 7) is 10.9. The Bertz CT molecular complexity index is 1040. The number of furan rings is 1. The lowest BCUT2D eigenvalue weighted by Gasteiger charge is -2.24. The first kappa shape index (κ1) is 15.9. The van der Waals surface area contributed by atoms with E-state index in [4.69, 9.17) is 4.42 Å². The Morgan fingerprint density at radius 1 is 1.12 bits per heavy atom. The first-order valence-corrected chi connectivity index (χ1v) is 8.72. The average molecular weight is 332 g/mol. The van der Waals surface area contributed by atoms with Gasteiger partial charge in [-0.15, -0.1) is 0 Å². The molecule has 0 unspecified atom stereocenters. The van der Waals surface area contributed by atoms with Gasteiger partial charge in [-0.1, -0.05) is 5.98 Å². The minimum atomic E-state index is 0.211. The number of hydrogen-bond donors (Lipinski definition) is 0. The van der Waals surface area contributed by atoms with Crippen molar-refractivity contribution in [2.24, 2.45) is 7.05 Å². The van der Waals surface area contributed by atoms with Gasteiger partial charge in [0.25, 0.3) is 11.7 Å². The maximum absolute atomic E-state index is 6.26. The molecule has 0 radical (unpaired) electrons. The number of rotatable bonds is 1. The molecule has 0 amide bonds. The normalized spacial score (nSPS) is 14.1. The van der Waals surface area contributed by atoms with Crippen molar-refractivity contribution in [1.29, 1.82) is 0 Å². The summed E-state index contributed by atoms with van der Waals surface area (Å²) >= 11 is 0. The zero-order chi connectivity index (χ0) is 17.9. The van der Waals surface area contributed by atoms with Crippen molar-refractivity contribution < 1.29 is 8.98 Å². The van der Waals surface area contributed by atoms with Gasteiger partial charge >= 0.3 is 6.85 Å². The van der Waals surface area contributed by atoms with Gasteiger partial charge in [0.2, 0.25) is 5.71 Å². The Morgan fingerprint density at radius 2 is 1.88 bits per heavy atom. The zero-order valence-corrected chi connectivity index (χ0v) is 15.7. The highest BCUT2D eigenvalue weighted by Gasteiger charge is 2.39. The predicted molar refractivity (Wildman–Crippen MR) is 103 cm³/mol. The Morgan fingerprint density at radius 3 is 2.64 bits per heavy atom. The number of anilines is 2. The molecule has 4 rings (SSSR count). The van der Waals surface area contributed by atoms with Crippen molar-refractivity contribution in [3.05, 3.63) is 52.8 Å². The highest BCUT2D eigenvalue weighted by atomic mass is 16.4. The van der Waals surface area contributed by atoms with Crippen LogP contribution in [0.4, 0.5) is 11.7 Å². The molecule has 3 aromatic heterocycles. The average Bonchev–Trinajstić information content (AvgIpc) is 2.90. The molecule has 3 aromatic rings. The van der Waals surface area contributed by atoms with Crippen LogP contribution in [-0.2, 0) is 7.05 Å². The van der Waals surface area contributed by atoms with Gasteiger partial charge in [-0.25, -0.2) is 9.55 Å². The quantitative estimate of drug-likeness (QED) is 0.492. The molecule has 1 aliphatic rings. The first-order valence-electron chi connectivity index (χ1n) is 8.72. The van der Waals surface area contributed by atoms with Crippen molar-refractivity contribution in [3.63, 3.8) is 0 Å². The van der Waals surface area contributed by atoms with Gasteiger partial charge in [0.1, 0.15) is 0 Å². The Labute approximate surface area is 148 Å². The fraction of sp³-hybridized carbons (Fsp3) is 0.300. The molecule has 0 spiro atoms. The van der Waals surface area contributed by atoms with Gasteiger partial charge in [0.15, 0.2) is 0 Å². The summed E-state index contributed by atoms with van der Waals surface area (Å²) in [7, 11) is 2.09. The molecule has 126 valence electrons. The van der Waals surface area contributed by atoms with Gasteiger partial charge in [-0.3, -0.25) is 4.81 Å². The van der Waals surface area contributed by atoms with E-state index < -0.39 is 0 Å². The van der Waals surface area contributed by atoms with Crippen LogP contribution in [0.5, 0.6) is 0 Å². The molecular formula is C20H23BN3O+. The summed E-state index contributed by atoms with van der Waals surface area (Å²) in [5.41, 5.74) is 6.64. The highest BCUT2D eigenvalue weighted by Crippen LogP contribution is 2.42. The van der Waals surface area contributed by atoms with Crippen molar-refractivity contribution in [3.8, 4) is 0 Å². The minimum absolute atomic E-state index is 0.211. The van der Waals surface area contributed by atoms with E-state index in [1.807, 2.05) is 13.0 Å². The molecule has 4 heterocycles. The van der Waals surface area contributed by atoms with Crippen LogP contribution in [0.2, 0.25) is 6.82 Å². The summed E-state index contributed by atoms with van der Waals surface area (Å²) in [6, 6.07) is 6.39. The first-order chi connectivity index (χ1) is 11.9. The molecular weight excluding hydrogens is 309 g/mol. The van der Waals surface area contributed by atoms with Gasteiger partial charge in [-0.05, 0) is 63.4 Å². The van der Waals surface area contributed by atoms with Crippen LogP contribution in [0.25, 0.3) is 16.7 Å². The van der Waals surface area contributed by atoms with E-state index in [-0.39, 0.29) is 6.85 Å². The topological polar surface area (TPSA) is 33.2 Å². The lowest BCUT2D eigenvalue weighted by molar-refractivity contribution is -0.658. The smallest absolute Gasteiger partial charge is 0.404 e. The van der Waals surface area contributed by atoms with Crippen LogP contribution in [0.15, 0.2) is 34.8 Å². The molecule has 0 aromatic carbocycles. The molecule has 0 saturated carbocycles. The number of nitrogens with zero attached hydrogens (tertiary/aromatic N) is 3. The number of aryl methyl sites for hydroxylation is 4. The Hall–Kier alpha value is -2.56. The second kappa shape index (κ2) is 5.48. The van der Waals surface area contributed by atoms with Crippen molar-refractivity contribution in [1.82, 2.24) is 4.98 Å². The van der Waals surface area contributed by atoms with Crippen LogP contribution in [-0.4, -0.2) is 11.8 Å². The largest absolute Gasteiger partial charge is 0.406 e. The van der Waals surface area contributed by atoms with Gasteiger partial charge in [0, 0.05) is 11.8 Å². The third-order valence-corrected chi connectivity index (χ3v) is 5.15. The number of allylic oxidation sites excluding steroid dienone is 1. The third kappa shape index (κ3) is 2.37. The SMILES string of the molecule is CB1C=C(C)c2c(oc3nc(C)ccc23)N1c1cc(C)c(C)c[n+]1C. The van der Waals surface area contributed by atoms with E-state index in [1.165, 1.54) is 16.7 Å². The number of aromatic nitrogens is 2. The molecule has 0 N–H and O–H groups in total. The monoisotopic (exact) mass is 332 g/mol. The van der Waals surface area contributed by atoms with E-state index in [1.54, 1.807) is 0 Å². The summed E-state index contributed by atoms with van der Waals surface area (Å²) in [4.78, 5) is 6.86. The van der Waals surface area contributed by atoms with E-state index in [2.05, 4.69) is 73.3 Å². The standard InChI is InChI=1S/C20H23BN3O/c1-12-9-17(23(6)11-14(12)3)24-20-18(13(2)10-21(24)5)16-8-7-15(4)22-19(16)25-20/h7-11H,1-6H3/q+1. The molecule has 0 atom stereocenters. The van der Waals surface area contributed by atoms with E-state index >= 15 is 0 Å². The van der Waals surface area contributed by atoms with Gasteiger partial charge in [-0.2, -0.15) is 0 Å². The van der Waals surface area contributed by atoms with Crippen LogP contribution in [0.1, 0.15) is 29.3 Å². The summed E-state index contributed by atoms with van der Waals surface area (Å²) in [5.74, 6) is 4.31. The van der Waals surface area contributed by atoms with E-state index in [0.29, 0.717) is 5.71 Å². The molecule has 25 heavy (non-hydrogen) atoms. The lowest BCUT2D eigenvalue weighted by Crippen LogP contribution is -2.44. The second-order valence-electron chi connectivity index (χ2n) is 7.16. The fourth-order valence-corrected chi connectivity index (χ4v) is 3.73. The van der Waals surface area contributed by atoms with E-state index in [0.717, 1.165) is 28.3 Å². The van der Waals surface area contributed by atoms with Crippen LogP contribution >= 0.6 is 0 Å². The molecule has 0 bridgehead atoms. The number of fused-ring (bicyclic) bond motifs is 3. The molecule has 1 aliphatic heterocycles. The van der Waals surface area contributed by atoms with Crippen molar-refractivity contribution in [2.45, 2.75) is 34.5 Å². The number of hydrogen-bond acceptors (Lipinski definition) is 3. The predicted octanol–water partition coefficient (Wildman–Crippen LogP) is 4.29. The minimum Gasteiger partial charge on any atom is -0.404 e. The van der Waals surface area contributed by atoms with E-state index in [9.17, 15) is 0 Å². The van der Waals surface area contributed by atoms with Crippen LogP contribution in [0.3, 0.4) is 0 Å². The third-order valence-electron chi connectivity index (χ3n) is 5.15. The second-order valence-corrected chi connectivity index (χ2v) is 7.16. The maximum atomic E-state index is 6.26. The summed E-state index contributed by atoms with van der Waals surface area (Å²) < 4.78 is 8.43. The number of pyridine rings is 2. The summed E-state index contributed by atoms with van der Waals surface area (Å²) in [5, 5.41) is 1.08. The van der Waals surface area contributed by atoms with Crippen molar-refractivity contribution >= 4 is 35.2 Å². The lowest BCUT2D eigenvalue weighted by atomic mass is 9.59. The van der Waals surface area contributed by atoms with Crippen molar-refractivity contribution in [2.75, 3.05) is 4.81 Å². The Balaban J connectivity index is 2.00. The molecule has 4 nitrogen and oxygen atoms in total.